The van der Waals surface area contributed by atoms with Crippen LogP contribution in [0.15, 0.2) is 77.7 Å². The summed E-state index contributed by atoms with van der Waals surface area (Å²) in [6, 6.07) is 19.7. The zero-order valence-corrected chi connectivity index (χ0v) is 18.1. The number of carbonyl (C=O) groups excluding carboxylic acids is 1. The highest BCUT2D eigenvalue weighted by molar-refractivity contribution is 7.92. The fourth-order valence-corrected chi connectivity index (χ4v) is 4.45. The molecule has 30 heavy (non-hydrogen) atoms. The Morgan fingerprint density at radius 3 is 2.33 bits per heavy atom. The normalized spacial score (nSPS) is 11.0. The Bertz CT molecular complexity index is 1130. The lowest BCUT2D eigenvalue weighted by Crippen LogP contribution is -2.38. The molecule has 3 aromatic rings. The van der Waals surface area contributed by atoms with E-state index in [-0.39, 0.29) is 10.6 Å². The minimum atomic E-state index is -4.03. The number of anilines is 2. The second-order valence-electron chi connectivity index (χ2n) is 6.56. The molecule has 0 aliphatic rings. The fourth-order valence-electron chi connectivity index (χ4n) is 2.88. The predicted molar refractivity (Wildman–Crippen MR) is 119 cm³/mol. The molecular formula is C22H21ClN2O4S. The van der Waals surface area contributed by atoms with Crippen LogP contribution in [-0.4, -0.2) is 28.0 Å². The van der Waals surface area contributed by atoms with E-state index < -0.39 is 22.5 Å². The van der Waals surface area contributed by atoms with Crippen LogP contribution < -0.4 is 14.4 Å². The largest absolute Gasteiger partial charge is 0.495 e. The van der Waals surface area contributed by atoms with Gasteiger partial charge in [-0.15, -0.1) is 0 Å². The van der Waals surface area contributed by atoms with Gasteiger partial charge in [-0.3, -0.25) is 9.10 Å². The van der Waals surface area contributed by atoms with Gasteiger partial charge in [0.2, 0.25) is 5.91 Å². The summed E-state index contributed by atoms with van der Waals surface area (Å²) in [5, 5.41) is 3.23. The third kappa shape index (κ3) is 4.93. The lowest BCUT2D eigenvalue weighted by molar-refractivity contribution is -0.114. The molecule has 0 fully saturated rings. The first-order valence-electron chi connectivity index (χ1n) is 9.09. The van der Waals surface area contributed by atoms with Crippen LogP contribution in [0.2, 0.25) is 5.02 Å². The van der Waals surface area contributed by atoms with Gasteiger partial charge in [0.15, 0.2) is 0 Å². The highest BCUT2D eigenvalue weighted by Crippen LogP contribution is 2.33. The average molecular weight is 445 g/mol. The van der Waals surface area contributed by atoms with Crippen LogP contribution in [0.1, 0.15) is 5.56 Å². The second kappa shape index (κ2) is 9.19. The van der Waals surface area contributed by atoms with Gasteiger partial charge in [-0.1, -0.05) is 35.9 Å². The molecule has 0 aliphatic carbocycles. The molecule has 3 rings (SSSR count). The van der Waals surface area contributed by atoms with E-state index in [9.17, 15) is 13.2 Å². The van der Waals surface area contributed by atoms with Crippen molar-refractivity contribution < 1.29 is 17.9 Å². The number of halogens is 1. The van der Waals surface area contributed by atoms with Crippen molar-refractivity contribution in [2.24, 2.45) is 0 Å². The summed E-state index contributed by atoms with van der Waals surface area (Å²) in [6.07, 6.45) is 0. The van der Waals surface area contributed by atoms with E-state index in [4.69, 9.17) is 16.3 Å². The van der Waals surface area contributed by atoms with Crippen molar-refractivity contribution >= 4 is 38.9 Å². The van der Waals surface area contributed by atoms with E-state index in [0.717, 1.165) is 9.87 Å². The molecule has 1 amide bonds. The SMILES string of the molecule is COc1ccc(C)cc1N(CC(=O)Nc1ccc(Cl)cc1)S(=O)(=O)c1ccccc1. The van der Waals surface area contributed by atoms with Crippen LogP contribution in [-0.2, 0) is 14.8 Å². The minimum absolute atomic E-state index is 0.0767. The quantitative estimate of drug-likeness (QED) is 0.582. The summed E-state index contributed by atoms with van der Waals surface area (Å²) in [4.78, 5) is 12.8. The maximum absolute atomic E-state index is 13.4. The predicted octanol–water partition coefficient (Wildman–Crippen LogP) is 4.49. The Hall–Kier alpha value is -3.03. The smallest absolute Gasteiger partial charge is 0.264 e. The van der Waals surface area contributed by atoms with Crippen LogP contribution in [0.4, 0.5) is 11.4 Å². The van der Waals surface area contributed by atoms with Crippen LogP contribution in [0.25, 0.3) is 0 Å². The van der Waals surface area contributed by atoms with Crippen molar-refractivity contribution in [3.05, 3.63) is 83.4 Å². The molecule has 3 aromatic carbocycles. The number of hydrogen-bond donors (Lipinski definition) is 1. The van der Waals surface area contributed by atoms with E-state index in [0.29, 0.717) is 16.5 Å². The first-order chi connectivity index (χ1) is 14.3. The highest BCUT2D eigenvalue weighted by Gasteiger charge is 2.29. The molecule has 0 bridgehead atoms. The summed E-state index contributed by atoms with van der Waals surface area (Å²) < 4.78 is 33.3. The van der Waals surface area contributed by atoms with Gasteiger partial charge < -0.3 is 10.1 Å². The molecule has 0 atom stereocenters. The minimum Gasteiger partial charge on any atom is -0.495 e. The van der Waals surface area contributed by atoms with Gasteiger partial charge in [0.1, 0.15) is 12.3 Å². The fraction of sp³-hybridized carbons (Fsp3) is 0.136. The highest BCUT2D eigenvalue weighted by atomic mass is 35.5. The summed E-state index contributed by atoms with van der Waals surface area (Å²) in [6.45, 7) is 1.41. The van der Waals surface area contributed by atoms with Gasteiger partial charge >= 0.3 is 0 Å². The van der Waals surface area contributed by atoms with Crippen molar-refractivity contribution in [3.63, 3.8) is 0 Å². The Morgan fingerprint density at radius 1 is 1.03 bits per heavy atom. The van der Waals surface area contributed by atoms with Crippen molar-refractivity contribution in [2.45, 2.75) is 11.8 Å². The number of methoxy groups -OCH3 is 1. The zero-order chi connectivity index (χ0) is 21.7. The van der Waals surface area contributed by atoms with E-state index in [2.05, 4.69) is 5.32 Å². The van der Waals surface area contributed by atoms with Gasteiger partial charge in [-0.05, 0) is 61.0 Å². The van der Waals surface area contributed by atoms with Crippen molar-refractivity contribution in [2.75, 3.05) is 23.3 Å². The average Bonchev–Trinajstić information content (AvgIpc) is 2.74. The Morgan fingerprint density at radius 2 is 1.70 bits per heavy atom. The molecule has 0 heterocycles. The summed E-state index contributed by atoms with van der Waals surface area (Å²) >= 11 is 5.87. The van der Waals surface area contributed by atoms with Gasteiger partial charge in [-0.2, -0.15) is 0 Å². The Balaban J connectivity index is 2.01. The number of hydrogen-bond acceptors (Lipinski definition) is 4. The maximum atomic E-state index is 13.4. The molecule has 0 spiro atoms. The van der Waals surface area contributed by atoms with E-state index in [1.54, 1.807) is 54.6 Å². The van der Waals surface area contributed by atoms with Crippen LogP contribution >= 0.6 is 11.6 Å². The lowest BCUT2D eigenvalue weighted by atomic mass is 10.2. The van der Waals surface area contributed by atoms with Crippen molar-refractivity contribution in [3.8, 4) is 5.75 Å². The molecular weight excluding hydrogens is 424 g/mol. The van der Waals surface area contributed by atoms with Crippen LogP contribution in [0.3, 0.4) is 0 Å². The standard InChI is InChI=1S/C22H21ClN2O4S/c1-16-8-13-21(29-2)20(14-16)25(30(27,28)19-6-4-3-5-7-19)15-22(26)24-18-11-9-17(23)10-12-18/h3-14H,15H2,1-2H3,(H,24,26). The number of ether oxygens (including phenoxy) is 1. The number of benzene rings is 3. The number of rotatable bonds is 7. The summed E-state index contributed by atoms with van der Waals surface area (Å²) in [5.41, 5.74) is 1.63. The molecule has 6 nitrogen and oxygen atoms in total. The molecule has 156 valence electrons. The molecule has 1 N–H and O–H groups in total. The summed E-state index contributed by atoms with van der Waals surface area (Å²) in [5.74, 6) is -0.153. The number of sulfonamides is 1. The Labute approximate surface area is 181 Å². The van der Waals surface area contributed by atoms with Gasteiger partial charge in [0, 0.05) is 10.7 Å². The van der Waals surface area contributed by atoms with E-state index in [1.165, 1.54) is 19.2 Å². The molecule has 0 saturated carbocycles. The molecule has 8 heteroatoms. The molecule has 0 aliphatic heterocycles. The summed E-state index contributed by atoms with van der Waals surface area (Å²) in [7, 11) is -2.57. The number of carbonyl (C=O) groups is 1. The van der Waals surface area contributed by atoms with Gasteiger partial charge in [-0.25, -0.2) is 8.42 Å². The molecule has 0 aromatic heterocycles. The van der Waals surface area contributed by atoms with Crippen molar-refractivity contribution in [1.29, 1.82) is 0 Å². The van der Waals surface area contributed by atoms with Gasteiger partial charge in [0.25, 0.3) is 10.0 Å². The number of nitrogens with one attached hydrogen (secondary N) is 1. The molecule has 0 saturated heterocycles. The first-order valence-corrected chi connectivity index (χ1v) is 10.9. The van der Waals surface area contributed by atoms with E-state index in [1.807, 2.05) is 13.0 Å². The second-order valence-corrected chi connectivity index (χ2v) is 8.85. The zero-order valence-electron chi connectivity index (χ0n) is 16.5. The topological polar surface area (TPSA) is 75.7 Å². The molecule has 0 radical (unpaired) electrons. The first kappa shape index (κ1) is 21.7. The van der Waals surface area contributed by atoms with Crippen LogP contribution in [0.5, 0.6) is 5.75 Å². The number of aryl methyl sites for hydroxylation is 1. The number of amides is 1. The van der Waals surface area contributed by atoms with Crippen LogP contribution in [0, 0.1) is 6.92 Å². The third-order valence-electron chi connectivity index (χ3n) is 4.35. The Kier molecular flexibility index (Phi) is 6.64. The van der Waals surface area contributed by atoms with Gasteiger partial charge in [0.05, 0.1) is 17.7 Å². The third-order valence-corrected chi connectivity index (χ3v) is 6.38. The number of nitrogens with zero attached hydrogens (tertiary/aromatic N) is 1. The monoisotopic (exact) mass is 444 g/mol. The van der Waals surface area contributed by atoms with E-state index >= 15 is 0 Å². The van der Waals surface area contributed by atoms with Crippen molar-refractivity contribution in [1.82, 2.24) is 0 Å². The lowest BCUT2D eigenvalue weighted by Gasteiger charge is -2.26. The molecule has 0 unspecified atom stereocenters. The maximum Gasteiger partial charge on any atom is 0.264 e.